The lowest BCUT2D eigenvalue weighted by atomic mass is 10.1. The number of amides is 1. The van der Waals surface area contributed by atoms with Crippen molar-refractivity contribution in [1.29, 1.82) is 0 Å². The average Bonchev–Trinajstić information content (AvgIpc) is 3.00. The van der Waals surface area contributed by atoms with Crippen LogP contribution >= 0.6 is 0 Å². The molecule has 0 saturated heterocycles. The number of carbonyl (C=O) groups excluding carboxylic acids is 1. The highest BCUT2D eigenvalue weighted by Crippen LogP contribution is 2.59. The van der Waals surface area contributed by atoms with Gasteiger partial charge >= 0.3 is 5.97 Å². The summed E-state index contributed by atoms with van der Waals surface area (Å²) in [6.07, 6.45) is 0. The summed E-state index contributed by atoms with van der Waals surface area (Å²) in [5.41, 5.74) is 0.303. The van der Waals surface area contributed by atoms with Gasteiger partial charge in [0.1, 0.15) is 5.82 Å². The van der Waals surface area contributed by atoms with Gasteiger partial charge in [0, 0.05) is 7.05 Å². The Hall–Kier alpha value is -1.91. The van der Waals surface area contributed by atoms with Crippen molar-refractivity contribution in [2.45, 2.75) is 26.8 Å². The fraction of sp³-hybridized carbons (Fsp3) is 0.500. The summed E-state index contributed by atoms with van der Waals surface area (Å²) in [7, 11) is 1.66. The highest BCUT2D eigenvalue weighted by atomic mass is 19.1. The molecule has 5 heteroatoms. The van der Waals surface area contributed by atoms with E-state index >= 15 is 0 Å². The van der Waals surface area contributed by atoms with E-state index in [1.165, 1.54) is 12.1 Å². The van der Waals surface area contributed by atoms with Crippen LogP contribution in [0.15, 0.2) is 24.3 Å². The van der Waals surface area contributed by atoms with Gasteiger partial charge in [-0.2, -0.15) is 0 Å². The molecule has 1 unspecified atom stereocenters. The Labute approximate surface area is 123 Å². The van der Waals surface area contributed by atoms with Crippen molar-refractivity contribution in [1.82, 2.24) is 4.90 Å². The van der Waals surface area contributed by atoms with Gasteiger partial charge in [-0.05, 0) is 30.0 Å². The molecule has 1 N–H and O–H groups in total. The fourth-order valence-electron chi connectivity index (χ4n) is 2.93. The van der Waals surface area contributed by atoms with Crippen LogP contribution < -0.4 is 0 Å². The van der Waals surface area contributed by atoms with E-state index < -0.39 is 23.2 Å². The predicted molar refractivity (Wildman–Crippen MR) is 76.0 cm³/mol. The number of aliphatic carboxylic acids is 1. The van der Waals surface area contributed by atoms with Gasteiger partial charge in [0.2, 0.25) is 5.91 Å². The monoisotopic (exact) mass is 293 g/mol. The maximum atomic E-state index is 12.9. The van der Waals surface area contributed by atoms with E-state index in [1.807, 2.05) is 6.92 Å². The zero-order valence-electron chi connectivity index (χ0n) is 12.6. The predicted octanol–water partition coefficient (Wildman–Crippen LogP) is 2.70. The van der Waals surface area contributed by atoms with E-state index in [4.69, 9.17) is 5.11 Å². The van der Waals surface area contributed by atoms with Crippen molar-refractivity contribution in [3.8, 4) is 0 Å². The Morgan fingerprint density at radius 1 is 1.24 bits per heavy atom. The first kappa shape index (κ1) is 15.5. The summed E-state index contributed by atoms with van der Waals surface area (Å²) < 4.78 is 12.9. The van der Waals surface area contributed by atoms with Gasteiger partial charge in [-0.15, -0.1) is 0 Å². The molecule has 1 aromatic rings. The van der Waals surface area contributed by atoms with Gasteiger partial charge < -0.3 is 10.0 Å². The molecule has 0 aliphatic heterocycles. The van der Waals surface area contributed by atoms with Gasteiger partial charge in [0.25, 0.3) is 0 Å². The fourth-order valence-corrected chi connectivity index (χ4v) is 2.93. The summed E-state index contributed by atoms with van der Waals surface area (Å²) in [4.78, 5) is 25.2. The maximum Gasteiger partial charge on any atom is 0.307 e. The third kappa shape index (κ3) is 2.64. The lowest BCUT2D eigenvalue weighted by Crippen LogP contribution is -2.32. The Kier molecular flexibility index (Phi) is 3.78. The Bertz CT molecular complexity index is 567. The van der Waals surface area contributed by atoms with Crippen LogP contribution in [0.3, 0.4) is 0 Å². The molecule has 0 spiro atoms. The van der Waals surface area contributed by atoms with Crippen LogP contribution in [0, 0.1) is 23.1 Å². The van der Waals surface area contributed by atoms with E-state index in [2.05, 4.69) is 0 Å². The zero-order valence-corrected chi connectivity index (χ0v) is 12.6. The molecule has 1 aliphatic rings. The standard InChI is InChI=1S/C16H20FNO3/c1-9(10-5-7-11(17)8-6-10)18(4)14(19)12-13(15(20)21)16(12,2)3/h5-9,12-13H,1-4H3,(H,20,21)/t9?,12-,13+/m1/s1. The van der Waals surface area contributed by atoms with Crippen LogP contribution in [0.25, 0.3) is 0 Å². The second-order valence-corrected chi connectivity index (χ2v) is 6.29. The molecule has 1 aliphatic carbocycles. The third-order valence-electron chi connectivity index (χ3n) is 4.64. The lowest BCUT2D eigenvalue weighted by molar-refractivity contribution is -0.142. The topological polar surface area (TPSA) is 57.6 Å². The van der Waals surface area contributed by atoms with Crippen LogP contribution in [0.2, 0.25) is 0 Å². The second kappa shape index (κ2) is 5.13. The number of nitrogens with zero attached hydrogens (tertiary/aromatic N) is 1. The van der Waals surface area contributed by atoms with Crippen molar-refractivity contribution in [3.63, 3.8) is 0 Å². The van der Waals surface area contributed by atoms with Crippen LogP contribution in [0.4, 0.5) is 4.39 Å². The number of rotatable bonds is 4. The summed E-state index contributed by atoms with van der Waals surface area (Å²) >= 11 is 0. The van der Waals surface area contributed by atoms with Crippen molar-refractivity contribution in [3.05, 3.63) is 35.6 Å². The van der Waals surface area contributed by atoms with Gasteiger partial charge in [-0.25, -0.2) is 4.39 Å². The van der Waals surface area contributed by atoms with Crippen LogP contribution in [-0.2, 0) is 9.59 Å². The Morgan fingerprint density at radius 2 is 1.76 bits per heavy atom. The molecule has 0 bridgehead atoms. The van der Waals surface area contributed by atoms with Crippen LogP contribution in [-0.4, -0.2) is 28.9 Å². The lowest BCUT2D eigenvalue weighted by Gasteiger charge is -2.26. The number of halogens is 1. The molecule has 21 heavy (non-hydrogen) atoms. The number of carboxylic acid groups (broad SMARTS) is 1. The first-order valence-electron chi connectivity index (χ1n) is 6.93. The number of carboxylic acids is 1. The molecule has 0 heterocycles. The molecule has 4 nitrogen and oxygen atoms in total. The quantitative estimate of drug-likeness (QED) is 0.928. The van der Waals surface area contributed by atoms with E-state index in [9.17, 15) is 14.0 Å². The average molecular weight is 293 g/mol. The summed E-state index contributed by atoms with van der Waals surface area (Å²) in [5.74, 6) is -2.56. The highest BCUT2D eigenvalue weighted by Gasteiger charge is 2.66. The second-order valence-electron chi connectivity index (χ2n) is 6.29. The van der Waals surface area contributed by atoms with Crippen molar-refractivity contribution >= 4 is 11.9 Å². The minimum absolute atomic E-state index is 0.177. The molecular weight excluding hydrogens is 273 g/mol. The minimum Gasteiger partial charge on any atom is -0.481 e. The molecule has 0 radical (unpaired) electrons. The largest absolute Gasteiger partial charge is 0.481 e. The van der Waals surface area contributed by atoms with Gasteiger partial charge in [-0.3, -0.25) is 9.59 Å². The molecular formula is C16H20FNO3. The summed E-state index contributed by atoms with van der Waals surface area (Å²) in [5, 5.41) is 9.16. The number of carbonyl (C=O) groups is 2. The first-order chi connectivity index (χ1) is 9.67. The normalized spacial score (nSPS) is 24.2. The van der Waals surface area contributed by atoms with Crippen molar-refractivity contribution in [2.75, 3.05) is 7.05 Å². The van der Waals surface area contributed by atoms with Gasteiger partial charge in [0.15, 0.2) is 0 Å². The molecule has 1 amide bonds. The van der Waals surface area contributed by atoms with E-state index in [-0.39, 0.29) is 17.8 Å². The van der Waals surface area contributed by atoms with E-state index in [0.717, 1.165) is 5.56 Å². The van der Waals surface area contributed by atoms with Crippen molar-refractivity contribution in [2.24, 2.45) is 17.3 Å². The number of hydrogen-bond donors (Lipinski definition) is 1. The Morgan fingerprint density at radius 3 is 2.19 bits per heavy atom. The molecule has 0 aromatic heterocycles. The third-order valence-corrected chi connectivity index (χ3v) is 4.64. The van der Waals surface area contributed by atoms with Crippen LogP contribution in [0.1, 0.15) is 32.4 Å². The van der Waals surface area contributed by atoms with Crippen molar-refractivity contribution < 1.29 is 19.1 Å². The van der Waals surface area contributed by atoms with Crippen LogP contribution in [0.5, 0.6) is 0 Å². The van der Waals surface area contributed by atoms with E-state index in [0.29, 0.717) is 0 Å². The maximum absolute atomic E-state index is 12.9. The summed E-state index contributed by atoms with van der Waals surface area (Å²) in [6.45, 7) is 5.44. The van der Waals surface area contributed by atoms with Gasteiger partial charge in [-0.1, -0.05) is 26.0 Å². The zero-order chi connectivity index (χ0) is 15.9. The van der Waals surface area contributed by atoms with E-state index in [1.54, 1.807) is 37.9 Å². The number of benzene rings is 1. The smallest absolute Gasteiger partial charge is 0.307 e. The SMILES string of the molecule is CC(c1ccc(F)cc1)N(C)C(=O)[C@H]1[C@@H](C(=O)O)C1(C)C. The molecule has 1 saturated carbocycles. The Balaban J connectivity index is 2.13. The molecule has 114 valence electrons. The molecule has 3 atom stereocenters. The number of hydrogen-bond acceptors (Lipinski definition) is 2. The summed E-state index contributed by atoms with van der Waals surface area (Å²) in [6, 6.07) is 5.74. The van der Waals surface area contributed by atoms with Gasteiger partial charge in [0.05, 0.1) is 17.9 Å². The molecule has 2 rings (SSSR count). The molecule has 1 aromatic carbocycles. The highest BCUT2D eigenvalue weighted by molar-refractivity contribution is 5.91. The molecule has 1 fully saturated rings. The minimum atomic E-state index is -0.929. The first-order valence-corrected chi connectivity index (χ1v) is 6.93.